The molecule has 4 aromatic rings. The summed E-state index contributed by atoms with van der Waals surface area (Å²) in [5, 5.41) is 6.23. The molecule has 0 spiro atoms. The fourth-order valence-electron chi connectivity index (χ4n) is 4.04. The molecule has 0 aliphatic rings. The molecule has 0 bridgehead atoms. The number of amides is 2. The summed E-state index contributed by atoms with van der Waals surface area (Å²) in [6.45, 7) is 3.63. The lowest BCUT2D eigenvalue weighted by Crippen LogP contribution is -2.55. The number of methoxy groups -OCH3 is 2. The number of ether oxygens (including phenoxy) is 2. The zero-order valence-electron chi connectivity index (χ0n) is 22.2. The minimum Gasteiger partial charge on any atom is -0.497 e. The third kappa shape index (κ3) is 6.77. The van der Waals surface area contributed by atoms with E-state index in [1.165, 1.54) is 18.4 Å². The van der Waals surface area contributed by atoms with E-state index in [0.29, 0.717) is 27.2 Å². The summed E-state index contributed by atoms with van der Waals surface area (Å²) in [7, 11) is 3.08. The first-order valence-electron chi connectivity index (χ1n) is 12.3. The van der Waals surface area contributed by atoms with E-state index in [1.807, 2.05) is 60.0 Å². The van der Waals surface area contributed by atoms with Gasteiger partial charge < -0.3 is 19.7 Å². The standard InChI is InChI=1S/C30H30ClN3O4S/c1-30(2,29(36)33-24-15-14-23(37-3)17-26(24)38-4)34(28(35)16-20-8-6-5-7-9-20)18-27-32-25(19-39-27)21-10-12-22(31)13-11-21/h5-15,17,19H,16,18H2,1-4H3,(H,33,36). The lowest BCUT2D eigenvalue weighted by atomic mass is 9.99. The second-order valence-electron chi connectivity index (χ2n) is 9.35. The molecule has 0 saturated carbocycles. The minimum absolute atomic E-state index is 0.152. The van der Waals surface area contributed by atoms with E-state index in [0.717, 1.165) is 16.8 Å². The summed E-state index contributed by atoms with van der Waals surface area (Å²) in [5.41, 5.74) is 1.83. The predicted molar refractivity (Wildman–Crippen MR) is 156 cm³/mol. The Kier molecular flexibility index (Phi) is 8.89. The Morgan fingerprint density at radius 1 is 1.00 bits per heavy atom. The molecule has 7 nitrogen and oxygen atoms in total. The van der Waals surface area contributed by atoms with Gasteiger partial charge in [-0.2, -0.15) is 0 Å². The van der Waals surface area contributed by atoms with Crippen LogP contribution in [0.3, 0.4) is 0 Å². The molecule has 0 saturated heterocycles. The Balaban J connectivity index is 1.62. The van der Waals surface area contributed by atoms with E-state index in [2.05, 4.69) is 5.32 Å². The highest BCUT2D eigenvalue weighted by atomic mass is 35.5. The van der Waals surface area contributed by atoms with Crippen LogP contribution in [0.25, 0.3) is 11.3 Å². The van der Waals surface area contributed by atoms with Crippen molar-refractivity contribution in [2.75, 3.05) is 19.5 Å². The van der Waals surface area contributed by atoms with Crippen molar-refractivity contribution in [1.29, 1.82) is 0 Å². The number of carbonyl (C=O) groups is 2. The van der Waals surface area contributed by atoms with Crippen LogP contribution in [-0.4, -0.2) is 41.5 Å². The van der Waals surface area contributed by atoms with Crippen molar-refractivity contribution in [3.8, 4) is 22.8 Å². The summed E-state index contributed by atoms with van der Waals surface area (Å²) in [6, 6.07) is 22.0. The maximum Gasteiger partial charge on any atom is 0.249 e. The fraction of sp³-hybridized carbons (Fsp3) is 0.233. The first kappa shape index (κ1) is 28.1. The van der Waals surface area contributed by atoms with E-state index < -0.39 is 5.54 Å². The van der Waals surface area contributed by atoms with Gasteiger partial charge in [0.2, 0.25) is 11.8 Å². The average molecular weight is 564 g/mol. The highest BCUT2D eigenvalue weighted by Crippen LogP contribution is 2.31. The Morgan fingerprint density at radius 3 is 2.38 bits per heavy atom. The van der Waals surface area contributed by atoms with E-state index >= 15 is 0 Å². The Labute approximate surface area is 237 Å². The second kappa shape index (κ2) is 12.3. The molecule has 0 fully saturated rings. The van der Waals surface area contributed by atoms with Crippen LogP contribution in [0.5, 0.6) is 11.5 Å². The van der Waals surface area contributed by atoms with Gasteiger partial charge in [0, 0.05) is 22.0 Å². The molecular formula is C30H30ClN3O4S. The van der Waals surface area contributed by atoms with E-state index in [9.17, 15) is 9.59 Å². The van der Waals surface area contributed by atoms with Gasteiger partial charge in [-0.1, -0.05) is 54.1 Å². The molecule has 1 N–H and O–H groups in total. The number of nitrogens with zero attached hydrogens (tertiary/aromatic N) is 2. The zero-order chi connectivity index (χ0) is 28.0. The van der Waals surface area contributed by atoms with Gasteiger partial charge in [0.05, 0.1) is 38.6 Å². The first-order valence-corrected chi connectivity index (χ1v) is 13.5. The van der Waals surface area contributed by atoms with Crippen molar-refractivity contribution in [2.24, 2.45) is 0 Å². The van der Waals surface area contributed by atoms with Crippen LogP contribution < -0.4 is 14.8 Å². The average Bonchev–Trinajstić information content (AvgIpc) is 3.41. The van der Waals surface area contributed by atoms with Crippen molar-refractivity contribution < 1.29 is 19.1 Å². The number of thiazole rings is 1. The molecule has 0 radical (unpaired) electrons. The molecular weight excluding hydrogens is 534 g/mol. The highest BCUT2D eigenvalue weighted by Gasteiger charge is 2.38. The van der Waals surface area contributed by atoms with Crippen LogP contribution >= 0.6 is 22.9 Å². The molecule has 0 aliphatic heterocycles. The topological polar surface area (TPSA) is 80.8 Å². The fourth-order valence-corrected chi connectivity index (χ4v) is 4.95. The molecule has 1 aromatic heterocycles. The molecule has 202 valence electrons. The number of nitrogens with one attached hydrogen (secondary N) is 1. The lowest BCUT2D eigenvalue weighted by molar-refractivity contribution is -0.144. The Bertz CT molecular complexity index is 1440. The smallest absolute Gasteiger partial charge is 0.249 e. The summed E-state index contributed by atoms with van der Waals surface area (Å²) in [6.07, 6.45) is 0.152. The number of carbonyl (C=O) groups excluding carboxylic acids is 2. The molecule has 0 unspecified atom stereocenters. The number of halogens is 1. The van der Waals surface area contributed by atoms with Crippen molar-refractivity contribution in [2.45, 2.75) is 32.4 Å². The minimum atomic E-state index is -1.22. The Morgan fingerprint density at radius 2 is 1.72 bits per heavy atom. The van der Waals surface area contributed by atoms with E-state index in [4.69, 9.17) is 26.1 Å². The van der Waals surface area contributed by atoms with Gasteiger partial charge >= 0.3 is 0 Å². The van der Waals surface area contributed by atoms with Gasteiger partial charge in [0.1, 0.15) is 22.0 Å². The van der Waals surface area contributed by atoms with Gasteiger partial charge in [-0.25, -0.2) is 4.98 Å². The van der Waals surface area contributed by atoms with Crippen LogP contribution in [0.4, 0.5) is 5.69 Å². The van der Waals surface area contributed by atoms with Crippen LogP contribution in [0.1, 0.15) is 24.4 Å². The van der Waals surface area contributed by atoms with Crippen LogP contribution in [0, 0.1) is 0 Å². The third-order valence-corrected chi connectivity index (χ3v) is 7.46. The molecule has 1 heterocycles. The van der Waals surface area contributed by atoms with Gasteiger partial charge in [-0.3, -0.25) is 9.59 Å². The molecule has 0 atom stereocenters. The van der Waals surface area contributed by atoms with Gasteiger partial charge in [0.15, 0.2) is 0 Å². The number of benzene rings is 3. The molecule has 39 heavy (non-hydrogen) atoms. The maximum atomic E-state index is 13.7. The summed E-state index contributed by atoms with van der Waals surface area (Å²) in [4.78, 5) is 33.7. The van der Waals surface area contributed by atoms with Crippen molar-refractivity contribution in [1.82, 2.24) is 9.88 Å². The highest BCUT2D eigenvalue weighted by molar-refractivity contribution is 7.09. The monoisotopic (exact) mass is 563 g/mol. The van der Waals surface area contributed by atoms with E-state index in [-0.39, 0.29) is 24.8 Å². The third-order valence-electron chi connectivity index (χ3n) is 6.37. The van der Waals surface area contributed by atoms with Gasteiger partial charge in [-0.05, 0) is 43.7 Å². The Hall–Kier alpha value is -3.88. The molecule has 2 amide bonds. The number of rotatable bonds is 10. The van der Waals surface area contributed by atoms with Gasteiger partial charge in [-0.15, -0.1) is 11.3 Å². The number of anilines is 1. The maximum absolute atomic E-state index is 13.7. The van der Waals surface area contributed by atoms with Crippen LogP contribution in [-0.2, 0) is 22.6 Å². The summed E-state index contributed by atoms with van der Waals surface area (Å²) in [5.74, 6) is 0.505. The van der Waals surface area contributed by atoms with Gasteiger partial charge in [0.25, 0.3) is 0 Å². The lowest BCUT2D eigenvalue weighted by Gasteiger charge is -2.37. The quantitative estimate of drug-likeness (QED) is 0.239. The van der Waals surface area contributed by atoms with Crippen LogP contribution in [0.15, 0.2) is 78.2 Å². The SMILES string of the molecule is COc1ccc(NC(=O)C(C)(C)N(Cc2nc(-c3ccc(Cl)cc3)cs2)C(=O)Cc2ccccc2)c(OC)c1. The summed E-state index contributed by atoms with van der Waals surface area (Å²) >= 11 is 7.47. The molecule has 4 rings (SSSR count). The summed E-state index contributed by atoms with van der Waals surface area (Å²) < 4.78 is 10.7. The van der Waals surface area contributed by atoms with Crippen LogP contribution in [0.2, 0.25) is 5.02 Å². The molecule has 9 heteroatoms. The van der Waals surface area contributed by atoms with E-state index in [1.54, 1.807) is 44.1 Å². The zero-order valence-corrected chi connectivity index (χ0v) is 23.8. The second-order valence-corrected chi connectivity index (χ2v) is 10.7. The normalized spacial score (nSPS) is 11.1. The predicted octanol–water partition coefficient (Wildman–Crippen LogP) is 6.47. The van der Waals surface area contributed by atoms with Crippen molar-refractivity contribution in [3.63, 3.8) is 0 Å². The molecule has 0 aliphatic carbocycles. The van der Waals surface area contributed by atoms with Crippen molar-refractivity contribution >= 4 is 40.4 Å². The first-order chi connectivity index (χ1) is 18.7. The number of aromatic nitrogens is 1. The number of hydrogen-bond donors (Lipinski definition) is 1. The number of hydrogen-bond acceptors (Lipinski definition) is 6. The van der Waals surface area contributed by atoms with Crippen molar-refractivity contribution in [3.05, 3.63) is 93.8 Å². The molecule has 3 aromatic carbocycles. The largest absolute Gasteiger partial charge is 0.497 e.